The maximum Gasteiger partial charge on any atom is 0.251 e. The van der Waals surface area contributed by atoms with Crippen molar-refractivity contribution in [3.63, 3.8) is 0 Å². The summed E-state index contributed by atoms with van der Waals surface area (Å²) in [6.07, 6.45) is 2.81. The van der Waals surface area contributed by atoms with Crippen LogP contribution < -0.4 is 10.6 Å². The van der Waals surface area contributed by atoms with E-state index < -0.39 is 6.10 Å². The first-order valence-electron chi connectivity index (χ1n) is 9.08. The Morgan fingerprint density at radius 1 is 1.24 bits per heavy atom. The molecule has 1 aliphatic heterocycles. The standard InChI is InChI=1S/C19H27N3O3/c1-20-18(24)15-4-2-3-13(11-15)12-22-9-7-14(8-10-22)17(23)19(25)21-16-5-6-16/h2-4,11,14,16-17,23H,5-10,12H2,1H3,(H,20,24)(H,21,25)/t17-/m1/s1. The third kappa shape index (κ3) is 4.80. The van der Waals surface area contributed by atoms with Crippen molar-refractivity contribution < 1.29 is 14.7 Å². The van der Waals surface area contributed by atoms with Crippen LogP contribution in [0.3, 0.4) is 0 Å². The van der Waals surface area contributed by atoms with E-state index >= 15 is 0 Å². The smallest absolute Gasteiger partial charge is 0.251 e. The van der Waals surface area contributed by atoms with E-state index in [0.29, 0.717) is 5.56 Å². The van der Waals surface area contributed by atoms with Gasteiger partial charge >= 0.3 is 0 Å². The molecule has 1 saturated heterocycles. The van der Waals surface area contributed by atoms with Crippen LogP contribution in [0.5, 0.6) is 0 Å². The number of nitrogens with one attached hydrogen (secondary N) is 2. The molecule has 0 aromatic heterocycles. The quantitative estimate of drug-likeness (QED) is 0.715. The Labute approximate surface area is 148 Å². The highest BCUT2D eigenvalue weighted by Crippen LogP contribution is 2.24. The fraction of sp³-hybridized carbons (Fsp3) is 0.579. The summed E-state index contributed by atoms with van der Waals surface area (Å²) in [5.74, 6) is -0.253. The van der Waals surface area contributed by atoms with Crippen LogP contribution in [0.4, 0.5) is 0 Å². The molecule has 2 fully saturated rings. The van der Waals surface area contributed by atoms with E-state index in [9.17, 15) is 14.7 Å². The number of amides is 2. The van der Waals surface area contributed by atoms with Crippen molar-refractivity contribution in [2.75, 3.05) is 20.1 Å². The first-order valence-corrected chi connectivity index (χ1v) is 9.08. The van der Waals surface area contributed by atoms with E-state index in [2.05, 4.69) is 15.5 Å². The third-order valence-corrected chi connectivity index (χ3v) is 5.09. The van der Waals surface area contributed by atoms with Gasteiger partial charge in [0.2, 0.25) is 5.91 Å². The van der Waals surface area contributed by atoms with Gasteiger partial charge in [-0.15, -0.1) is 0 Å². The molecule has 25 heavy (non-hydrogen) atoms. The summed E-state index contributed by atoms with van der Waals surface area (Å²) >= 11 is 0. The van der Waals surface area contributed by atoms with Gasteiger partial charge in [-0.25, -0.2) is 0 Å². The SMILES string of the molecule is CNC(=O)c1cccc(CN2CCC([C@@H](O)C(=O)NC3CC3)CC2)c1. The molecule has 1 heterocycles. The second-order valence-corrected chi connectivity index (χ2v) is 7.12. The molecule has 2 aliphatic rings. The average Bonchev–Trinajstić information content (AvgIpc) is 3.45. The second kappa shape index (κ2) is 7.97. The van der Waals surface area contributed by atoms with Crippen LogP contribution in [0.25, 0.3) is 0 Å². The monoisotopic (exact) mass is 345 g/mol. The summed E-state index contributed by atoms with van der Waals surface area (Å²) in [5, 5.41) is 15.8. The number of hydrogen-bond donors (Lipinski definition) is 3. The Kier molecular flexibility index (Phi) is 5.71. The number of benzene rings is 1. The first-order chi connectivity index (χ1) is 12.1. The predicted molar refractivity (Wildman–Crippen MR) is 95.0 cm³/mol. The van der Waals surface area contributed by atoms with Gasteiger partial charge in [0.15, 0.2) is 0 Å². The zero-order valence-electron chi connectivity index (χ0n) is 14.7. The van der Waals surface area contributed by atoms with Gasteiger partial charge < -0.3 is 15.7 Å². The molecule has 6 nitrogen and oxygen atoms in total. The molecular formula is C19H27N3O3. The minimum Gasteiger partial charge on any atom is -0.383 e. The van der Waals surface area contributed by atoms with Crippen LogP contribution in [-0.4, -0.2) is 54.1 Å². The van der Waals surface area contributed by atoms with Gasteiger partial charge in [-0.1, -0.05) is 12.1 Å². The summed E-state index contributed by atoms with van der Waals surface area (Å²) in [5.41, 5.74) is 1.77. The van der Waals surface area contributed by atoms with Crippen LogP contribution in [-0.2, 0) is 11.3 Å². The lowest BCUT2D eigenvalue weighted by molar-refractivity contribution is -0.133. The molecule has 1 aliphatic carbocycles. The Morgan fingerprint density at radius 2 is 1.96 bits per heavy atom. The summed E-state index contributed by atoms with van der Waals surface area (Å²) in [4.78, 5) is 26.0. The Bertz CT molecular complexity index is 622. The molecule has 6 heteroatoms. The lowest BCUT2D eigenvalue weighted by atomic mass is 9.90. The molecular weight excluding hydrogens is 318 g/mol. The van der Waals surface area contributed by atoms with Crippen molar-refractivity contribution in [2.24, 2.45) is 5.92 Å². The van der Waals surface area contributed by atoms with Crippen LogP contribution >= 0.6 is 0 Å². The lowest BCUT2D eigenvalue weighted by Crippen LogP contribution is -2.44. The average molecular weight is 345 g/mol. The summed E-state index contributed by atoms with van der Waals surface area (Å²) in [7, 11) is 1.63. The van der Waals surface area contributed by atoms with Crippen molar-refractivity contribution in [3.05, 3.63) is 35.4 Å². The third-order valence-electron chi connectivity index (χ3n) is 5.09. The zero-order chi connectivity index (χ0) is 17.8. The van der Waals surface area contributed by atoms with Crippen LogP contribution in [0, 0.1) is 5.92 Å². The number of piperidine rings is 1. The van der Waals surface area contributed by atoms with E-state index in [1.807, 2.05) is 24.3 Å². The van der Waals surface area contributed by atoms with Crippen molar-refractivity contribution >= 4 is 11.8 Å². The predicted octanol–water partition coefficient (Wildman–Crippen LogP) is 0.898. The topological polar surface area (TPSA) is 81.7 Å². The fourth-order valence-corrected chi connectivity index (χ4v) is 3.37. The minimum atomic E-state index is -0.890. The number of likely N-dealkylation sites (tertiary alicyclic amines) is 1. The van der Waals surface area contributed by atoms with Gasteiger partial charge in [-0.05, 0) is 62.4 Å². The lowest BCUT2D eigenvalue weighted by Gasteiger charge is -2.33. The maximum absolute atomic E-state index is 12.0. The molecule has 0 bridgehead atoms. The minimum absolute atomic E-state index is 0.0344. The zero-order valence-corrected chi connectivity index (χ0v) is 14.7. The maximum atomic E-state index is 12.0. The van der Waals surface area contributed by atoms with E-state index in [0.717, 1.165) is 50.9 Å². The van der Waals surface area contributed by atoms with Gasteiger partial charge in [-0.2, -0.15) is 0 Å². The molecule has 1 aromatic carbocycles. The fourth-order valence-electron chi connectivity index (χ4n) is 3.37. The van der Waals surface area contributed by atoms with Gasteiger partial charge in [0, 0.05) is 25.2 Å². The summed E-state index contributed by atoms with van der Waals surface area (Å²) < 4.78 is 0. The van der Waals surface area contributed by atoms with E-state index in [4.69, 9.17) is 0 Å². The van der Waals surface area contributed by atoms with E-state index in [1.165, 1.54) is 0 Å². The number of nitrogens with zero attached hydrogens (tertiary/aromatic N) is 1. The van der Waals surface area contributed by atoms with Crippen LogP contribution in [0.15, 0.2) is 24.3 Å². The van der Waals surface area contributed by atoms with Crippen LogP contribution in [0.2, 0.25) is 0 Å². The van der Waals surface area contributed by atoms with Crippen molar-refractivity contribution in [1.29, 1.82) is 0 Å². The molecule has 3 rings (SSSR count). The van der Waals surface area contributed by atoms with Gasteiger partial charge in [-0.3, -0.25) is 14.5 Å². The first kappa shape index (κ1) is 17.9. The molecule has 1 atom stereocenters. The van der Waals surface area contributed by atoms with Crippen LogP contribution in [0.1, 0.15) is 41.6 Å². The molecule has 136 valence electrons. The molecule has 3 N–H and O–H groups in total. The van der Waals surface area contributed by atoms with E-state index in [1.54, 1.807) is 7.05 Å². The molecule has 0 unspecified atom stereocenters. The number of aliphatic hydroxyl groups excluding tert-OH is 1. The summed E-state index contributed by atoms with van der Waals surface area (Å²) in [6, 6.07) is 7.94. The normalized spacial score (nSPS) is 20.1. The second-order valence-electron chi connectivity index (χ2n) is 7.12. The Morgan fingerprint density at radius 3 is 2.60 bits per heavy atom. The summed E-state index contributed by atoms with van der Waals surface area (Å²) in [6.45, 7) is 2.48. The van der Waals surface area contributed by atoms with Gasteiger partial charge in [0.25, 0.3) is 5.91 Å². The highest BCUT2D eigenvalue weighted by atomic mass is 16.3. The van der Waals surface area contributed by atoms with Crippen molar-refractivity contribution in [3.8, 4) is 0 Å². The number of carbonyl (C=O) groups excluding carboxylic acids is 2. The molecule has 0 radical (unpaired) electrons. The van der Waals surface area contributed by atoms with Gasteiger partial charge in [0.1, 0.15) is 6.10 Å². The van der Waals surface area contributed by atoms with Crippen molar-refractivity contribution in [2.45, 2.75) is 44.4 Å². The number of hydrogen-bond acceptors (Lipinski definition) is 4. The Hall–Kier alpha value is -1.92. The highest BCUT2D eigenvalue weighted by molar-refractivity contribution is 5.94. The number of aliphatic hydroxyl groups is 1. The Balaban J connectivity index is 1.49. The number of rotatable bonds is 6. The molecule has 0 spiro atoms. The van der Waals surface area contributed by atoms with Crippen molar-refractivity contribution in [1.82, 2.24) is 15.5 Å². The molecule has 1 saturated carbocycles. The number of carbonyl (C=O) groups is 2. The highest BCUT2D eigenvalue weighted by Gasteiger charge is 2.32. The van der Waals surface area contributed by atoms with Gasteiger partial charge in [0.05, 0.1) is 0 Å². The van der Waals surface area contributed by atoms with E-state index in [-0.39, 0.29) is 23.8 Å². The molecule has 2 amide bonds. The molecule has 1 aromatic rings. The largest absolute Gasteiger partial charge is 0.383 e.